The molecule has 0 amide bonds. The third-order valence-corrected chi connectivity index (χ3v) is 5.78. The van der Waals surface area contributed by atoms with Gasteiger partial charge in [-0.05, 0) is 39.4 Å². The van der Waals surface area contributed by atoms with E-state index >= 15 is 0 Å². The minimum absolute atomic E-state index is 0.150. The number of aliphatic carboxylic acids is 1. The summed E-state index contributed by atoms with van der Waals surface area (Å²) in [6.07, 6.45) is 10.3. The molecular weight excluding hydrogens is 488 g/mol. The molecule has 0 rings (SSSR count). The summed E-state index contributed by atoms with van der Waals surface area (Å²) in [7, 11) is 0. The van der Waals surface area contributed by atoms with Gasteiger partial charge in [0.1, 0.15) is 12.2 Å². The van der Waals surface area contributed by atoms with E-state index in [1.165, 1.54) is 56.7 Å². The van der Waals surface area contributed by atoms with Crippen molar-refractivity contribution >= 4 is 23.9 Å². The lowest BCUT2D eigenvalue weighted by Gasteiger charge is -2.18. The number of carboxylic acid groups (broad SMARTS) is 1. The van der Waals surface area contributed by atoms with E-state index in [1.54, 1.807) is 20.8 Å². The fourth-order valence-electron chi connectivity index (χ4n) is 3.03. The Bertz CT molecular complexity index is 512. The molecule has 0 aliphatic heterocycles. The van der Waals surface area contributed by atoms with E-state index in [2.05, 4.69) is 0 Å². The highest BCUT2D eigenvalue weighted by atomic mass is 32.2. The Morgan fingerprint density at radius 2 is 1.03 bits per heavy atom. The average Bonchev–Trinajstić information content (AvgIpc) is 2.80. The van der Waals surface area contributed by atoms with Crippen molar-refractivity contribution in [2.24, 2.45) is 0 Å². The summed E-state index contributed by atoms with van der Waals surface area (Å²) in [6, 6.07) is 0. The molecule has 0 aliphatic carbocycles. The molecule has 0 unspecified atom stereocenters. The first-order chi connectivity index (χ1) is 17.3. The van der Waals surface area contributed by atoms with Gasteiger partial charge in [-0.25, -0.2) is 4.79 Å². The highest BCUT2D eigenvalue weighted by Gasteiger charge is 2.16. The molecule has 36 heavy (non-hydrogen) atoms. The molecule has 214 valence electrons. The van der Waals surface area contributed by atoms with Gasteiger partial charge in [0.25, 0.3) is 0 Å². The molecule has 0 radical (unpaired) electrons. The summed E-state index contributed by atoms with van der Waals surface area (Å²) < 4.78 is 31.7. The predicted octanol–water partition coefficient (Wildman–Crippen LogP) is 5.33. The fraction of sp³-hybridized carbons (Fsp3) is 0.923. The smallest absolute Gasteiger partial charge is 0.481 e. The van der Waals surface area contributed by atoms with Crippen LogP contribution in [0.2, 0.25) is 0 Å². The number of unbranched alkanes of at least 4 members (excludes halogenated alkanes) is 8. The molecule has 10 heteroatoms. The summed E-state index contributed by atoms with van der Waals surface area (Å²) in [6.45, 7) is 9.65. The lowest BCUT2D eigenvalue weighted by Crippen LogP contribution is -2.25. The topological polar surface area (TPSA) is 110 Å². The molecule has 0 aromatic rings. The van der Waals surface area contributed by atoms with E-state index in [-0.39, 0.29) is 12.4 Å². The minimum Gasteiger partial charge on any atom is -0.481 e. The SMILES string of the molecule is CC(C)(C)OC(=O)OCCOCCOCCOCCOCCCCCCCCCCCSCC(=O)O. The van der Waals surface area contributed by atoms with Crippen molar-refractivity contribution in [3.05, 3.63) is 0 Å². The minimum atomic E-state index is -0.721. The van der Waals surface area contributed by atoms with Crippen LogP contribution in [0.15, 0.2) is 0 Å². The molecule has 0 aromatic carbocycles. The summed E-state index contributed by atoms with van der Waals surface area (Å²) in [5, 5.41) is 8.57. The van der Waals surface area contributed by atoms with E-state index in [0.29, 0.717) is 46.2 Å². The highest BCUT2D eigenvalue weighted by Crippen LogP contribution is 2.12. The van der Waals surface area contributed by atoms with Crippen LogP contribution in [0.1, 0.15) is 78.6 Å². The maximum absolute atomic E-state index is 11.3. The zero-order valence-electron chi connectivity index (χ0n) is 22.8. The zero-order chi connectivity index (χ0) is 26.7. The second-order valence-electron chi connectivity index (χ2n) is 9.39. The van der Waals surface area contributed by atoms with E-state index in [4.69, 9.17) is 33.5 Å². The van der Waals surface area contributed by atoms with Crippen LogP contribution >= 0.6 is 11.8 Å². The second-order valence-corrected chi connectivity index (χ2v) is 10.5. The van der Waals surface area contributed by atoms with Crippen LogP contribution in [0.3, 0.4) is 0 Å². The number of hydrogen-bond donors (Lipinski definition) is 1. The third-order valence-electron chi connectivity index (χ3n) is 4.76. The Hall–Kier alpha value is -1.07. The highest BCUT2D eigenvalue weighted by molar-refractivity contribution is 7.99. The van der Waals surface area contributed by atoms with Gasteiger partial charge in [0, 0.05) is 6.61 Å². The van der Waals surface area contributed by atoms with Crippen molar-refractivity contribution in [2.75, 3.05) is 71.0 Å². The number of thioether (sulfide) groups is 1. The third kappa shape index (κ3) is 31.0. The van der Waals surface area contributed by atoms with Gasteiger partial charge in [-0.1, -0.05) is 44.9 Å². The molecule has 0 aliphatic rings. The number of ether oxygens (including phenoxy) is 6. The molecule has 0 saturated heterocycles. The predicted molar refractivity (Wildman–Crippen MR) is 142 cm³/mol. The number of carbonyl (C=O) groups excluding carboxylic acids is 1. The Kier molecular flexibility index (Phi) is 24.8. The van der Waals surface area contributed by atoms with Crippen molar-refractivity contribution < 1.29 is 43.1 Å². The van der Waals surface area contributed by atoms with Crippen molar-refractivity contribution in [2.45, 2.75) is 84.2 Å². The van der Waals surface area contributed by atoms with Gasteiger partial charge in [-0.15, -0.1) is 0 Å². The van der Waals surface area contributed by atoms with Crippen LogP contribution in [0, 0.1) is 0 Å². The van der Waals surface area contributed by atoms with Gasteiger partial charge in [0.05, 0.1) is 52.0 Å². The number of carboxylic acids is 1. The summed E-state index contributed by atoms with van der Waals surface area (Å²) >= 11 is 1.51. The zero-order valence-corrected chi connectivity index (χ0v) is 23.6. The molecule has 1 N–H and O–H groups in total. The number of rotatable bonds is 26. The molecule has 0 aromatic heterocycles. The lowest BCUT2D eigenvalue weighted by molar-refractivity contribution is -0.133. The van der Waals surface area contributed by atoms with Crippen molar-refractivity contribution in [3.8, 4) is 0 Å². The monoisotopic (exact) mass is 538 g/mol. The Morgan fingerprint density at radius 1 is 0.611 bits per heavy atom. The van der Waals surface area contributed by atoms with Crippen molar-refractivity contribution in [3.63, 3.8) is 0 Å². The Morgan fingerprint density at radius 3 is 1.50 bits per heavy atom. The van der Waals surface area contributed by atoms with Gasteiger partial charge in [0.15, 0.2) is 0 Å². The van der Waals surface area contributed by atoms with E-state index in [1.807, 2.05) is 0 Å². The standard InChI is InChI=1S/C26H50O9S/c1-26(2,3)35-25(29)34-21-20-33-19-18-32-17-16-31-15-14-30-13-11-9-7-5-4-6-8-10-12-22-36-23-24(27)28/h4-23H2,1-3H3,(H,27,28). The van der Waals surface area contributed by atoms with E-state index in [0.717, 1.165) is 25.2 Å². The first kappa shape index (κ1) is 34.9. The molecule has 0 atom stereocenters. The van der Waals surface area contributed by atoms with Crippen LogP contribution in [0.25, 0.3) is 0 Å². The van der Waals surface area contributed by atoms with Gasteiger partial charge >= 0.3 is 12.1 Å². The molecule has 9 nitrogen and oxygen atoms in total. The molecule has 0 heterocycles. The second kappa shape index (κ2) is 25.6. The average molecular weight is 539 g/mol. The van der Waals surface area contributed by atoms with Crippen LogP contribution < -0.4 is 0 Å². The van der Waals surface area contributed by atoms with Gasteiger partial charge in [0.2, 0.25) is 0 Å². The molecule has 0 spiro atoms. The quantitative estimate of drug-likeness (QED) is 0.115. The van der Waals surface area contributed by atoms with Crippen LogP contribution in [0.4, 0.5) is 4.79 Å². The molecule has 0 bridgehead atoms. The van der Waals surface area contributed by atoms with E-state index in [9.17, 15) is 9.59 Å². The first-order valence-electron chi connectivity index (χ1n) is 13.3. The molecular formula is C26H50O9S. The van der Waals surface area contributed by atoms with Gasteiger partial charge in [-0.2, -0.15) is 11.8 Å². The largest absolute Gasteiger partial charge is 0.508 e. The summed E-state index contributed by atoms with van der Waals surface area (Å²) in [5.41, 5.74) is -0.560. The van der Waals surface area contributed by atoms with Crippen LogP contribution in [-0.2, 0) is 33.2 Å². The Labute approximate surface area is 222 Å². The fourth-order valence-corrected chi connectivity index (χ4v) is 3.76. The summed E-state index contributed by atoms with van der Waals surface area (Å²) in [5.74, 6) is 0.460. The van der Waals surface area contributed by atoms with Crippen molar-refractivity contribution in [1.29, 1.82) is 0 Å². The van der Waals surface area contributed by atoms with E-state index < -0.39 is 17.7 Å². The van der Waals surface area contributed by atoms with Gasteiger partial charge < -0.3 is 33.5 Å². The number of hydrogen-bond acceptors (Lipinski definition) is 9. The normalized spacial score (nSPS) is 11.5. The van der Waals surface area contributed by atoms with Gasteiger partial charge in [-0.3, -0.25) is 4.79 Å². The number of carbonyl (C=O) groups is 2. The lowest BCUT2D eigenvalue weighted by atomic mass is 10.1. The first-order valence-corrected chi connectivity index (χ1v) is 14.4. The van der Waals surface area contributed by atoms with Crippen LogP contribution in [0.5, 0.6) is 0 Å². The maximum Gasteiger partial charge on any atom is 0.508 e. The maximum atomic E-state index is 11.3. The molecule has 0 fully saturated rings. The van der Waals surface area contributed by atoms with Crippen molar-refractivity contribution in [1.82, 2.24) is 0 Å². The van der Waals surface area contributed by atoms with Crippen LogP contribution in [-0.4, -0.2) is 93.8 Å². The summed E-state index contributed by atoms with van der Waals surface area (Å²) in [4.78, 5) is 21.8. The molecule has 0 saturated carbocycles. The Balaban J connectivity index is 3.11.